The van der Waals surface area contributed by atoms with Gasteiger partial charge in [0, 0.05) is 18.7 Å². The van der Waals surface area contributed by atoms with Crippen LogP contribution in [0.2, 0.25) is 0 Å². The van der Waals surface area contributed by atoms with Crippen molar-refractivity contribution in [3.05, 3.63) is 11.8 Å². The molecule has 1 heterocycles. The van der Waals surface area contributed by atoms with Crippen LogP contribution in [0.3, 0.4) is 0 Å². The third kappa shape index (κ3) is 5.58. The molecule has 0 aromatic carbocycles. The Morgan fingerprint density at radius 1 is 1.40 bits per heavy atom. The van der Waals surface area contributed by atoms with Crippen LogP contribution < -0.4 is 10.0 Å². The Labute approximate surface area is 120 Å². The zero-order valence-corrected chi connectivity index (χ0v) is 13.1. The highest BCUT2D eigenvalue weighted by atomic mass is 32.2. The molecule has 0 saturated heterocycles. The lowest BCUT2D eigenvalue weighted by molar-refractivity contribution is 0.0833. The third-order valence-corrected chi connectivity index (χ3v) is 4.01. The molecular weight excluding hydrogens is 280 g/mol. The summed E-state index contributed by atoms with van der Waals surface area (Å²) in [5, 5.41) is 9.62. The van der Waals surface area contributed by atoms with Crippen molar-refractivity contribution in [1.82, 2.24) is 20.2 Å². The molecule has 20 heavy (non-hydrogen) atoms. The highest BCUT2D eigenvalue weighted by molar-refractivity contribution is 7.89. The number of hydrogen-bond donors (Lipinski definition) is 3. The molecule has 0 atom stereocenters. The van der Waals surface area contributed by atoms with Gasteiger partial charge >= 0.3 is 0 Å². The number of sulfonamides is 1. The van der Waals surface area contributed by atoms with Gasteiger partial charge in [-0.1, -0.05) is 6.92 Å². The normalized spacial score (nSPS) is 12.2. The fraction of sp³-hybridized carbons (Fsp3) is 0.750. The number of nitrogens with one attached hydrogen (secondary N) is 3. The van der Waals surface area contributed by atoms with E-state index in [1.807, 2.05) is 13.8 Å². The van der Waals surface area contributed by atoms with Gasteiger partial charge in [0.2, 0.25) is 0 Å². The molecule has 0 amide bonds. The number of aromatic nitrogens is 2. The zero-order chi connectivity index (χ0) is 15.0. The summed E-state index contributed by atoms with van der Waals surface area (Å²) in [7, 11) is -3.57. The van der Waals surface area contributed by atoms with E-state index < -0.39 is 10.0 Å². The second-order valence-electron chi connectivity index (χ2n) is 4.72. The van der Waals surface area contributed by atoms with Gasteiger partial charge in [-0.3, -0.25) is 5.10 Å². The van der Waals surface area contributed by atoms with Crippen LogP contribution in [0.4, 0.5) is 0 Å². The Hall–Kier alpha value is -0.960. The molecule has 0 aliphatic heterocycles. The Bertz CT molecular complexity index is 485. The Balaban J connectivity index is 2.56. The van der Waals surface area contributed by atoms with Gasteiger partial charge in [0.15, 0.2) is 5.03 Å². The summed E-state index contributed by atoms with van der Waals surface area (Å²) in [6.07, 6.45) is 2.60. The van der Waals surface area contributed by atoms with Gasteiger partial charge in [-0.15, -0.1) is 0 Å². The van der Waals surface area contributed by atoms with Crippen molar-refractivity contribution in [2.24, 2.45) is 0 Å². The molecule has 0 unspecified atom stereocenters. The van der Waals surface area contributed by atoms with E-state index in [0.717, 1.165) is 13.0 Å². The van der Waals surface area contributed by atoms with E-state index >= 15 is 0 Å². The lowest BCUT2D eigenvalue weighted by Crippen LogP contribution is -2.29. The second-order valence-corrected chi connectivity index (χ2v) is 6.42. The first-order chi connectivity index (χ1) is 9.47. The summed E-state index contributed by atoms with van der Waals surface area (Å²) >= 11 is 0. The molecule has 0 radical (unpaired) electrons. The highest BCUT2D eigenvalue weighted by Gasteiger charge is 2.20. The summed E-state index contributed by atoms with van der Waals surface area (Å²) in [5.74, 6) is 0. The van der Waals surface area contributed by atoms with Crippen molar-refractivity contribution in [3.8, 4) is 0 Å². The van der Waals surface area contributed by atoms with Crippen LogP contribution in [0.1, 0.15) is 32.8 Å². The second kappa shape index (κ2) is 8.35. The van der Waals surface area contributed by atoms with E-state index in [2.05, 4.69) is 27.2 Å². The molecule has 0 saturated carbocycles. The fourth-order valence-corrected chi connectivity index (χ4v) is 2.74. The van der Waals surface area contributed by atoms with Crippen molar-refractivity contribution in [2.75, 3.05) is 19.7 Å². The topological polar surface area (TPSA) is 96.1 Å². The first kappa shape index (κ1) is 17.1. The Kier molecular flexibility index (Phi) is 7.14. The zero-order valence-electron chi connectivity index (χ0n) is 12.3. The van der Waals surface area contributed by atoms with E-state index in [0.29, 0.717) is 18.7 Å². The number of H-pyrrole nitrogens is 1. The smallest absolute Gasteiger partial charge is 0.257 e. The van der Waals surface area contributed by atoms with Gasteiger partial charge in [0.25, 0.3) is 10.0 Å². The summed E-state index contributed by atoms with van der Waals surface area (Å²) in [4.78, 5) is 0. The molecule has 8 heteroatoms. The van der Waals surface area contributed by atoms with Gasteiger partial charge in [-0.2, -0.15) is 5.10 Å². The van der Waals surface area contributed by atoms with E-state index in [-0.39, 0.29) is 17.7 Å². The molecule has 1 aromatic heterocycles. The lowest BCUT2D eigenvalue weighted by atomic mass is 10.3. The quantitative estimate of drug-likeness (QED) is 0.551. The first-order valence-corrected chi connectivity index (χ1v) is 8.30. The van der Waals surface area contributed by atoms with Crippen molar-refractivity contribution in [3.63, 3.8) is 0 Å². The standard InChI is InChI=1S/C12H24N4O3S/c1-4-5-13-8-11-9-14-16-12(11)20(17,18)15-6-7-19-10(2)3/h9-10,13,15H,4-8H2,1-3H3,(H,14,16). The molecule has 1 aromatic rings. The SMILES string of the molecule is CCCNCc1cn[nH]c1S(=O)(=O)NCCOC(C)C. The van der Waals surface area contributed by atoms with Crippen LogP contribution in [-0.2, 0) is 21.3 Å². The van der Waals surface area contributed by atoms with Gasteiger partial charge in [-0.25, -0.2) is 13.1 Å². The summed E-state index contributed by atoms with van der Waals surface area (Å²) < 4.78 is 32.0. The van der Waals surface area contributed by atoms with Crippen LogP contribution in [0.15, 0.2) is 11.2 Å². The number of aromatic amines is 1. The fourth-order valence-electron chi connectivity index (χ4n) is 1.60. The van der Waals surface area contributed by atoms with E-state index in [1.54, 1.807) is 0 Å². The average Bonchev–Trinajstić information content (AvgIpc) is 2.84. The molecule has 7 nitrogen and oxygen atoms in total. The number of nitrogens with zero attached hydrogens (tertiary/aromatic N) is 1. The third-order valence-electron chi connectivity index (χ3n) is 2.53. The van der Waals surface area contributed by atoms with Crippen LogP contribution >= 0.6 is 0 Å². The summed E-state index contributed by atoms with van der Waals surface area (Å²) in [6, 6.07) is 0. The van der Waals surface area contributed by atoms with Crippen molar-refractivity contribution in [2.45, 2.75) is 44.9 Å². The molecular formula is C12H24N4O3S. The predicted molar refractivity (Wildman–Crippen MR) is 76.9 cm³/mol. The molecule has 0 aliphatic carbocycles. The molecule has 0 spiro atoms. The maximum atomic E-state index is 12.1. The maximum Gasteiger partial charge on any atom is 0.257 e. The number of hydrogen-bond acceptors (Lipinski definition) is 5. The molecule has 0 fully saturated rings. The molecule has 1 rings (SSSR count). The largest absolute Gasteiger partial charge is 0.377 e. The first-order valence-electron chi connectivity index (χ1n) is 6.81. The molecule has 3 N–H and O–H groups in total. The summed E-state index contributed by atoms with van der Waals surface area (Å²) in [5.41, 5.74) is 0.635. The van der Waals surface area contributed by atoms with Crippen molar-refractivity contribution < 1.29 is 13.2 Å². The molecule has 116 valence electrons. The Morgan fingerprint density at radius 2 is 2.15 bits per heavy atom. The minimum Gasteiger partial charge on any atom is -0.377 e. The molecule has 0 aliphatic rings. The average molecular weight is 304 g/mol. The van der Waals surface area contributed by atoms with E-state index in [4.69, 9.17) is 4.74 Å². The molecule has 0 bridgehead atoms. The van der Waals surface area contributed by atoms with Gasteiger partial charge in [0.05, 0.1) is 18.9 Å². The minimum absolute atomic E-state index is 0.0838. The number of rotatable bonds is 10. The number of ether oxygens (including phenoxy) is 1. The van der Waals surface area contributed by atoms with E-state index in [9.17, 15) is 8.42 Å². The van der Waals surface area contributed by atoms with Crippen LogP contribution in [0.25, 0.3) is 0 Å². The highest BCUT2D eigenvalue weighted by Crippen LogP contribution is 2.11. The van der Waals surface area contributed by atoms with Gasteiger partial charge in [-0.05, 0) is 26.8 Å². The van der Waals surface area contributed by atoms with Crippen molar-refractivity contribution in [1.29, 1.82) is 0 Å². The monoisotopic (exact) mass is 304 g/mol. The van der Waals surface area contributed by atoms with Crippen molar-refractivity contribution >= 4 is 10.0 Å². The van der Waals surface area contributed by atoms with Crippen LogP contribution in [-0.4, -0.2) is 44.4 Å². The van der Waals surface area contributed by atoms with Crippen LogP contribution in [0, 0.1) is 0 Å². The predicted octanol–water partition coefficient (Wildman–Crippen LogP) is 0.613. The Morgan fingerprint density at radius 3 is 2.80 bits per heavy atom. The van der Waals surface area contributed by atoms with Gasteiger partial charge in [0.1, 0.15) is 0 Å². The van der Waals surface area contributed by atoms with Crippen LogP contribution in [0.5, 0.6) is 0 Å². The minimum atomic E-state index is -3.57. The van der Waals surface area contributed by atoms with Gasteiger partial charge < -0.3 is 10.1 Å². The summed E-state index contributed by atoms with van der Waals surface area (Å²) in [6.45, 7) is 7.75. The lowest BCUT2D eigenvalue weighted by Gasteiger charge is -2.09. The maximum absolute atomic E-state index is 12.1. The van der Waals surface area contributed by atoms with E-state index in [1.165, 1.54) is 6.20 Å².